The van der Waals surface area contributed by atoms with Crippen LogP contribution in [0, 0.1) is 0 Å². The number of benzene rings is 3. The molecule has 0 amide bonds. The van der Waals surface area contributed by atoms with Crippen LogP contribution < -0.4 is 0 Å². The Balaban J connectivity index is 2.03. The number of hydrogen-bond acceptors (Lipinski definition) is 0. The topological polar surface area (TPSA) is 4.93 Å². The van der Waals surface area contributed by atoms with Crippen molar-refractivity contribution in [2.75, 3.05) is 0 Å². The summed E-state index contributed by atoms with van der Waals surface area (Å²) in [6.07, 6.45) is 2.00. The van der Waals surface area contributed by atoms with Crippen molar-refractivity contribution < 1.29 is 0 Å². The molecule has 0 aliphatic carbocycles. The van der Waals surface area contributed by atoms with E-state index in [-0.39, 0.29) is 0 Å². The molecule has 0 saturated heterocycles. The quantitative estimate of drug-likeness (QED) is 0.406. The van der Waals surface area contributed by atoms with Crippen LogP contribution in [-0.2, 0) is 0 Å². The molecule has 1 heterocycles. The molecular weight excluding hydrogens is 314 g/mol. The van der Waals surface area contributed by atoms with Gasteiger partial charge in [-0.1, -0.05) is 90.5 Å². The van der Waals surface area contributed by atoms with Crippen molar-refractivity contribution in [3.8, 4) is 28.1 Å². The Morgan fingerprint density at radius 2 is 1.08 bits per heavy atom. The van der Waals surface area contributed by atoms with Gasteiger partial charge in [-0.3, -0.25) is 0 Å². The Labute approximate surface area is 146 Å². The standard InChI is InChI=1S/C22H16ClN/c23-20-16-24(19-14-8-3-9-15-19)22(18-12-6-2-7-13-18)21(20)17-10-4-1-5-11-17/h1-16H. The number of aromatic nitrogens is 1. The van der Waals surface area contributed by atoms with Gasteiger partial charge in [0.1, 0.15) is 0 Å². The number of rotatable bonds is 3. The Bertz CT molecular complexity index is 941. The first kappa shape index (κ1) is 14.8. The van der Waals surface area contributed by atoms with Crippen LogP contribution in [0.5, 0.6) is 0 Å². The molecule has 1 nitrogen and oxygen atoms in total. The SMILES string of the molecule is Clc1cn(-c2ccccc2)c(-c2ccccc2)c1-c1ccccc1. The Kier molecular flexibility index (Phi) is 3.94. The van der Waals surface area contributed by atoms with Crippen LogP contribution in [0.3, 0.4) is 0 Å². The molecule has 0 radical (unpaired) electrons. The van der Waals surface area contributed by atoms with Crippen LogP contribution in [-0.4, -0.2) is 4.57 Å². The van der Waals surface area contributed by atoms with Gasteiger partial charge in [-0.05, 0) is 23.3 Å². The Morgan fingerprint density at radius 3 is 1.67 bits per heavy atom. The predicted molar refractivity (Wildman–Crippen MR) is 102 cm³/mol. The smallest absolute Gasteiger partial charge is 0.0671 e. The predicted octanol–water partition coefficient (Wildman–Crippen LogP) is 6.46. The minimum Gasteiger partial charge on any atom is -0.314 e. The molecule has 24 heavy (non-hydrogen) atoms. The minimum atomic E-state index is 0.754. The van der Waals surface area contributed by atoms with E-state index in [1.54, 1.807) is 0 Å². The van der Waals surface area contributed by atoms with Gasteiger partial charge in [0.25, 0.3) is 0 Å². The highest BCUT2D eigenvalue weighted by atomic mass is 35.5. The van der Waals surface area contributed by atoms with E-state index in [0.29, 0.717) is 0 Å². The lowest BCUT2D eigenvalue weighted by Gasteiger charge is -2.12. The molecule has 2 heteroatoms. The van der Waals surface area contributed by atoms with Gasteiger partial charge < -0.3 is 4.57 Å². The van der Waals surface area contributed by atoms with Gasteiger partial charge in [-0.25, -0.2) is 0 Å². The number of hydrogen-bond donors (Lipinski definition) is 0. The summed E-state index contributed by atoms with van der Waals surface area (Å²) < 4.78 is 2.17. The normalized spacial score (nSPS) is 10.7. The number of halogens is 1. The fourth-order valence-corrected chi connectivity index (χ4v) is 3.32. The van der Waals surface area contributed by atoms with E-state index in [2.05, 4.69) is 53.1 Å². The number of nitrogens with zero attached hydrogens (tertiary/aromatic N) is 1. The second-order valence-electron chi connectivity index (χ2n) is 5.64. The molecule has 116 valence electrons. The van der Waals surface area contributed by atoms with Crippen molar-refractivity contribution in [1.82, 2.24) is 4.57 Å². The average Bonchev–Trinajstić information content (AvgIpc) is 3.01. The lowest BCUT2D eigenvalue weighted by atomic mass is 10.0. The molecule has 0 spiro atoms. The average molecular weight is 330 g/mol. The largest absolute Gasteiger partial charge is 0.314 e. The van der Waals surface area contributed by atoms with E-state index >= 15 is 0 Å². The summed E-state index contributed by atoms with van der Waals surface area (Å²) in [7, 11) is 0. The van der Waals surface area contributed by atoms with Crippen molar-refractivity contribution in [1.29, 1.82) is 0 Å². The zero-order valence-electron chi connectivity index (χ0n) is 13.1. The van der Waals surface area contributed by atoms with Crippen LogP contribution in [0.1, 0.15) is 0 Å². The molecule has 1 aromatic heterocycles. The van der Waals surface area contributed by atoms with E-state index in [1.165, 1.54) is 0 Å². The Hall–Kier alpha value is -2.77. The van der Waals surface area contributed by atoms with E-state index in [9.17, 15) is 0 Å². The fourth-order valence-electron chi connectivity index (χ4n) is 3.03. The maximum absolute atomic E-state index is 6.66. The first-order chi connectivity index (χ1) is 11.8. The molecule has 0 N–H and O–H groups in total. The summed E-state index contributed by atoms with van der Waals surface area (Å²) >= 11 is 6.66. The van der Waals surface area contributed by atoms with E-state index in [0.717, 1.165) is 33.1 Å². The summed E-state index contributed by atoms with van der Waals surface area (Å²) in [6.45, 7) is 0. The lowest BCUT2D eigenvalue weighted by Crippen LogP contribution is -1.95. The third-order valence-electron chi connectivity index (χ3n) is 4.10. The molecule has 4 rings (SSSR count). The molecule has 0 atom stereocenters. The highest BCUT2D eigenvalue weighted by molar-refractivity contribution is 6.34. The first-order valence-electron chi connectivity index (χ1n) is 7.92. The summed E-state index contributed by atoms with van der Waals surface area (Å²) in [4.78, 5) is 0. The zero-order valence-corrected chi connectivity index (χ0v) is 13.8. The van der Waals surface area contributed by atoms with E-state index in [4.69, 9.17) is 11.6 Å². The molecule has 3 aromatic carbocycles. The van der Waals surface area contributed by atoms with Crippen molar-refractivity contribution in [2.45, 2.75) is 0 Å². The van der Waals surface area contributed by atoms with Gasteiger partial charge in [0, 0.05) is 17.4 Å². The highest BCUT2D eigenvalue weighted by Crippen LogP contribution is 2.40. The van der Waals surface area contributed by atoms with Crippen LogP contribution in [0.2, 0.25) is 5.02 Å². The third-order valence-corrected chi connectivity index (χ3v) is 4.39. The molecule has 4 aromatic rings. The lowest BCUT2D eigenvalue weighted by molar-refractivity contribution is 1.09. The van der Waals surface area contributed by atoms with Gasteiger partial charge in [0.2, 0.25) is 0 Å². The maximum Gasteiger partial charge on any atom is 0.0671 e. The zero-order chi connectivity index (χ0) is 16.4. The second kappa shape index (κ2) is 6.38. The van der Waals surface area contributed by atoms with Gasteiger partial charge >= 0.3 is 0 Å². The van der Waals surface area contributed by atoms with E-state index < -0.39 is 0 Å². The molecular formula is C22H16ClN. The molecule has 0 saturated carbocycles. The molecule has 0 unspecified atom stereocenters. The highest BCUT2D eigenvalue weighted by Gasteiger charge is 2.18. The summed E-state index contributed by atoms with van der Waals surface area (Å²) in [5.41, 5.74) is 5.54. The Morgan fingerprint density at radius 1 is 0.583 bits per heavy atom. The molecule has 0 fully saturated rings. The van der Waals surface area contributed by atoms with Gasteiger partial charge in [-0.15, -0.1) is 0 Å². The fraction of sp³-hybridized carbons (Fsp3) is 0. The van der Waals surface area contributed by atoms with E-state index in [1.807, 2.05) is 48.7 Å². The van der Waals surface area contributed by atoms with Crippen LogP contribution in [0.25, 0.3) is 28.1 Å². The van der Waals surface area contributed by atoms with Crippen LogP contribution >= 0.6 is 11.6 Å². The van der Waals surface area contributed by atoms with Crippen molar-refractivity contribution >= 4 is 11.6 Å². The van der Waals surface area contributed by atoms with Crippen molar-refractivity contribution in [3.05, 3.63) is 102 Å². The van der Waals surface area contributed by atoms with Crippen molar-refractivity contribution in [2.24, 2.45) is 0 Å². The van der Waals surface area contributed by atoms with Gasteiger partial charge in [0.05, 0.1) is 10.7 Å². The monoisotopic (exact) mass is 329 g/mol. The maximum atomic E-state index is 6.66. The summed E-state index contributed by atoms with van der Waals surface area (Å²) in [5, 5.41) is 0.754. The summed E-state index contributed by atoms with van der Waals surface area (Å²) in [5.74, 6) is 0. The van der Waals surface area contributed by atoms with Gasteiger partial charge in [0.15, 0.2) is 0 Å². The molecule has 0 aliphatic rings. The van der Waals surface area contributed by atoms with Crippen LogP contribution in [0.4, 0.5) is 0 Å². The number of para-hydroxylation sites is 1. The molecule has 0 aliphatic heterocycles. The first-order valence-corrected chi connectivity index (χ1v) is 8.29. The van der Waals surface area contributed by atoms with Crippen LogP contribution in [0.15, 0.2) is 97.2 Å². The summed E-state index contributed by atoms with van der Waals surface area (Å²) in [6, 6.07) is 31.0. The van der Waals surface area contributed by atoms with Gasteiger partial charge in [-0.2, -0.15) is 0 Å². The second-order valence-corrected chi connectivity index (χ2v) is 6.05. The third kappa shape index (κ3) is 2.64. The molecule has 0 bridgehead atoms. The van der Waals surface area contributed by atoms with Crippen molar-refractivity contribution in [3.63, 3.8) is 0 Å². The minimum absolute atomic E-state index is 0.754.